The number of hydrogen-bond donors (Lipinski definition) is 0. The second kappa shape index (κ2) is 7.12. The first kappa shape index (κ1) is 16.6. The number of hydrogen-bond acceptors (Lipinski definition) is 6. The average Bonchev–Trinajstić information content (AvgIpc) is 2.56. The maximum absolute atomic E-state index is 13.2. The fourth-order valence-corrected chi connectivity index (χ4v) is 2.21. The maximum Gasteiger partial charge on any atom is 0.187 e. The molecule has 0 fully saturated rings. The molecule has 126 valence electrons. The van der Waals surface area contributed by atoms with Gasteiger partial charge in [-0.25, -0.2) is 19.3 Å². The van der Waals surface area contributed by atoms with Crippen molar-refractivity contribution >= 4 is 5.78 Å². The molecule has 0 aromatic carbocycles. The molecule has 0 amide bonds. The Labute approximate surface area is 143 Å². The Kier molecular flexibility index (Phi) is 4.74. The van der Waals surface area contributed by atoms with E-state index in [0.717, 1.165) is 0 Å². The van der Waals surface area contributed by atoms with Crippen LogP contribution < -0.4 is 4.74 Å². The summed E-state index contributed by atoms with van der Waals surface area (Å²) in [6.45, 7) is 3.54. The molecule has 0 radical (unpaired) electrons. The van der Waals surface area contributed by atoms with E-state index in [9.17, 15) is 9.18 Å². The molecule has 0 spiro atoms. The number of carbonyl (C=O) groups is 1. The molecule has 0 bridgehead atoms. The fraction of sp³-hybridized carbons (Fsp3) is 0.167. The first-order chi connectivity index (χ1) is 12.0. The van der Waals surface area contributed by atoms with Gasteiger partial charge in [0.2, 0.25) is 0 Å². The zero-order valence-electron chi connectivity index (χ0n) is 13.7. The normalized spacial score (nSPS) is 10.5. The molecule has 6 nitrogen and oxygen atoms in total. The van der Waals surface area contributed by atoms with Gasteiger partial charge < -0.3 is 4.74 Å². The molecule has 0 saturated carbocycles. The van der Waals surface area contributed by atoms with Crippen molar-refractivity contribution in [1.82, 2.24) is 19.9 Å². The molecular weight excluding hydrogens is 323 g/mol. The highest BCUT2D eigenvalue weighted by atomic mass is 19.1. The Bertz CT molecular complexity index is 913. The van der Waals surface area contributed by atoms with E-state index in [1.807, 2.05) is 0 Å². The molecule has 0 atom stereocenters. The van der Waals surface area contributed by atoms with Crippen LogP contribution in [0.25, 0.3) is 0 Å². The Morgan fingerprint density at radius 3 is 2.56 bits per heavy atom. The van der Waals surface area contributed by atoms with E-state index >= 15 is 0 Å². The Balaban J connectivity index is 1.80. The smallest absolute Gasteiger partial charge is 0.187 e. The Hall–Kier alpha value is -3.22. The number of ketones is 1. The number of rotatable bonds is 5. The largest absolute Gasteiger partial charge is 0.454 e. The lowest BCUT2D eigenvalue weighted by atomic mass is 10.1. The van der Waals surface area contributed by atoms with Crippen molar-refractivity contribution in [3.05, 3.63) is 71.6 Å². The molecule has 0 saturated heterocycles. The van der Waals surface area contributed by atoms with Crippen LogP contribution in [0.2, 0.25) is 0 Å². The van der Waals surface area contributed by atoms with Crippen molar-refractivity contribution in [3.63, 3.8) is 0 Å². The van der Waals surface area contributed by atoms with Gasteiger partial charge in [-0.2, -0.15) is 0 Å². The zero-order chi connectivity index (χ0) is 17.8. The summed E-state index contributed by atoms with van der Waals surface area (Å²) in [5.41, 5.74) is 1.21. The summed E-state index contributed by atoms with van der Waals surface area (Å²) < 4.78 is 18.9. The quantitative estimate of drug-likeness (QED) is 0.665. The van der Waals surface area contributed by atoms with E-state index in [0.29, 0.717) is 28.7 Å². The number of halogens is 1. The van der Waals surface area contributed by atoms with Gasteiger partial charge in [0.05, 0.1) is 24.5 Å². The van der Waals surface area contributed by atoms with Crippen LogP contribution in [0.15, 0.2) is 42.9 Å². The predicted molar refractivity (Wildman–Crippen MR) is 88.0 cm³/mol. The van der Waals surface area contributed by atoms with Crippen molar-refractivity contribution in [3.8, 4) is 11.5 Å². The molecule has 3 rings (SSSR count). The van der Waals surface area contributed by atoms with Gasteiger partial charge in [-0.15, -0.1) is 0 Å². The third-order valence-electron chi connectivity index (χ3n) is 3.33. The van der Waals surface area contributed by atoms with Crippen LogP contribution in [0.1, 0.15) is 27.7 Å². The summed E-state index contributed by atoms with van der Waals surface area (Å²) in [5.74, 6) is 0.846. The van der Waals surface area contributed by atoms with Gasteiger partial charge in [0.1, 0.15) is 23.1 Å². The highest BCUT2D eigenvalue weighted by Gasteiger charge is 2.13. The minimum Gasteiger partial charge on any atom is -0.454 e. The molecule has 3 aromatic rings. The molecule has 3 aromatic heterocycles. The maximum atomic E-state index is 13.2. The summed E-state index contributed by atoms with van der Waals surface area (Å²) in [6, 6.07) is 5.70. The summed E-state index contributed by atoms with van der Waals surface area (Å²) >= 11 is 0. The average molecular weight is 338 g/mol. The number of aryl methyl sites for hydroxylation is 2. The molecule has 3 heterocycles. The standard InChI is InChI=1S/C18H15FN4O2/c1-11-5-15(25-16-9-21-12(2)22-10-16)8-17(23-11)18(24)7-14-6-13(19)3-4-20-14/h3-6,8-10H,7H2,1-2H3. The number of ether oxygens (including phenoxy) is 1. The second-order valence-electron chi connectivity index (χ2n) is 5.46. The monoisotopic (exact) mass is 338 g/mol. The first-order valence-electron chi connectivity index (χ1n) is 7.58. The number of nitrogens with zero attached hydrogens (tertiary/aromatic N) is 4. The van der Waals surface area contributed by atoms with Crippen molar-refractivity contribution < 1.29 is 13.9 Å². The van der Waals surface area contributed by atoms with Crippen LogP contribution in [0, 0.1) is 19.7 Å². The molecule has 0 unspecified atom stereocenters. The molecule has 25 heavy (non-hydrogen) atoms. The minimum atomic E-state index is -0.432. The van der Waals surface area contributed by atoms with E-state index in [1.54, 1.807) is 32.3 Å². The number of Topliss-reactive ketones (excluding diaryl/α,β-unsaturated/α-hetero) is 1. The summed E-state index contributed by atoms with van der Waals surface area (Å²) in [5, 5.41) is 0. The van der Waals surface area contributed by atoms with Gasteiger partial charge >= 0.3 is 0 Å². The SMILES string of the molecule is Cc1cc(Oc2cnc(C)nc2)cc(C(=O)Cc2cc(F)ccn2)n1. The summed E-state index contributed by atoms with van der Waals surface area (Å²) in [4.78, 5) is 28.8. The molecule has 0 N–H and O–H groups in total. The zero-order valence-corrected chi connectivity index (χ0v) is 13.7. The van der Waals surface area contributed by atoms with Gasteiger partial charge in [0.25, 0.3) is 0 Å². The lowest BCUT2D eigenvalue weighted by Gasteiger charge is -2.08. The minimum absolute atomic E-state index is 0.0404. The molecule has 0 aliphatic rings. The molecule has 7 heteroatoms. The van der Waals surface area contributed by atoms with Crippen molar-refractivity contribution in [2.45, 2.75) is 20.3 Å². The van der Waals surface area contributed by atoms with E-state index in [2.05, 4.69) is 19.9 Å². The predicted octanol–water partition coefficient (Wildman–Crippen LogP) is 3.24. The van der Waals surface area contributed by atoms with Gasteiger partial charge in [-0.3, -0.25) is 9.78 Å². The highest BCUT2D eigenvalue weighted by Crippen LogP contribution is 2.22. The van der Waals surface area contributed by atoms with Gasteiger partial charge in [0.15, 0.2) is 11.5 Å². The third-order valence-corrected chi connectivity index (χ3v) is 3.33. The van der Waals surface area contributed by atoms with E-state index < -0.39 is 5.82 Å². The van der Waals surface area contributed by atoms with E-state index in [1.165, 1.54) is 24.4 Å². The van der Waals surface area contributed by atoms with Crippen LogP contribution in [-0.4, -0.2) is 25.7 Å². The van der Waals surface area contributed by atoms with E-state index in [-0.39, 0.29) is 17.9 Å². The molecule has 0 aliphatic heterocycles. The fourth-order valence-electron chi connectivity index (χ4n) is 2.21. The van der Waals surface area contributed by atoms with Crippen molar-refractivity contribution in [2.75, 3.05) is 0 Å². The first-order valence-corrected chi connectivity index (χ1v) is 7.58. The van der Waals surface area contributed by atoms with Gasteiger partial charge in [-0.05, 0) is 26.0 Å². The van der Waals surface area contributed by atoms with Crippen LogP contribution in [0.5, 0.6) is 11.5 Å². The number of aromatic nitrogens is 4. The van der Waals surface area contributed by atoms with Crippen molar-refractivity contribution in [1.29, 1.82) is 0 Å². The van der Waals surface area contributed by atoms with Crippen LogP contribution >= 0.6 is 0 Å². The highest BCUT2D eigenvalue weighted by molar-refractivity contribution is 5.95. The number of pyridine rings is 2. The molecule has 0 aliphatic carbocycles. The van der Waals surface area contributed by atoms with Gasteiger partial charge in [0, 0.05) is 24.0 Å². The number of carbonyl (C=O) groups excluding carboxylic acids is 1. The Morgan fingerprint density at radius 2 is 1.84 bits per heavy atom. The lowest BCUT2D eigenvalue weighted by molar-refractivity contribution is 0.0986. The topological polar surface area (TPSA) is 77.9 Å². The molecular formula is C18H15FN4O2. The van der Waals surface area contributed by atoms with E-state index in [4.69, 9.17) is 4.74 Å². The second-order valence-corrected chi connectivity index (χ2v) is 5.46. The third kappa shape index (κ3) is 4.41. The van der Waals surface area contributed by atoms with Crippen molar-refractivity contribution in [2.24, 2.45) is 0 Å². The summed E-state index contributed by atoms with van der Waals surface area (Å²) in [7, 11) is 0. The van der Waals surface area contributed by atoms with Crippen LogP contribution in [0.3, 0.4) is 0 Å². The lowest BCUT2D eigenvalue weighted by Crippen LogP contribution is -2.08. The van der Waals surface area contributed by atoms with Gasteiger partial charge in [-0.1, -0.05) is 0 Å². The van der Waals surface area contributed by atoms with Crippen LogP contribution in [-0.2, 0) is 6.42 Å². The summed E-state index contributed by atoms with van der Waals surface area (Å²) in [6.07, 6.45) is 4.39. The Morgan fingerprint density at radius 1 is 1.08 bits per heavy atom. The van der Waals surface area contributed by atoms with Crippen LogP contribution in [0.4, 0.5) is 4.39 Å².